The number of hydrogen-bond donors (Lipinski definition) is 1. The molecule has 0 saturated carbocycles. The minimum atomic E-state index is -0.0941. The number of nitrogens with one attached hydrogen (secondary N) is 1. The molecule has 0 radical (unpaired) electrons. The molecule has 6 heteroatoms. The van der Waals surface area contributed by atoms with E-state index in [1.54, 1.807) is 6.20 Å². The van der Waals surface area contributed by atoms with Crippen LogP contribution in [-0.4, -0.2) is 17.7 Å². The number of hydrogen-bond acceptors (Lipinski definition) is 5. The van der Waals surface area contributed by atoms with E-state index in [4.69, 9.17) is 14.2 Å². The van der Waals surface area contributed by atoms with Gasteiger partial charge in [-0.25, -0.2) is 4.98 Å². The summed E-state index contributed by atoms with van der Waals surface area (Å²) in [4.78, 5) is 16.6. The van der Waals surface area contributed by atoms with E-state index in [9.17, 15) is 4.79 Å². The van der Waals surface area contributed by atoms with Crippen molar-refractivity contribution in [1.29, 1.82) is 0 Å². The van der Waals surface area contributed by atoms with Gasteiger partial charge < -0.3 is 19.5 Å². The highest BCUT2D eigenvalue weighted by molar-refractivity contribution is 5.78. The molecule has 3 aromatic rings. The van der Waals surface area contributed by atoms with Crippen LogP contribution in [0.2, 0.25) is 0 Å². The van der Waals surface area contributed by atoms with Crippen LogP contribution in [0.5, 0.6) is 23.1 Å². The van der Waals surface area contributed by atoms with Crippen LogP contribution in [0, 0.1) is 0 Å². The summed E-state index contributed by atoms with van der Waals surface area (Å²) in [6.45, 7) is 0.551. The summed E-state index contributed by atoms with van der Waals surface area (Å²) in [5.74, 6) is 2.46. The van der Waals surface area contributed by atoms with Gasteiger partial charge in [-0.15, -0.1) is 0 Å². The third-order valence-corrected chi connectivity index (χ3v) is 4.09. The molecule has 1 aliphatic rings. The van der Waals surface area contributed by atoms with Crippen LogP contribution >= 0.6 is 0 Å². The van der Waals surface area contributed by atoms with Gasteiger partial charge in [-0.2, -0.15) is 0 Å². The smallest absolute Gasteiger partial charge is 0.231 e. The van der Waals surface area contributed by atoms with Gasteiger partial charge >= 0.3 is 0 Å². The average molecular weight is 362 g/mol. The first-order chi connectivity index (χ1) is 13.3. The van der Waals surface area contributed by atoms with Crippen molar-refractivity contribution in [2.24, 2.45) is 0 Å². The highest BCUT2D eigenvalue weighted by Gasteiger charge is 2.15. The SMILES string of the molecule is O=C(Cc1ccc2c(c1)OCO2)NCc1cccnc1Oc1ccccc1. The monoisotopic (exact) mass is 362 g/mol. The number of nitrogens with zero attached hydrogens (tertiary/aromatic N) is 1. The lowest BCUT2D eigenvalue weighted by Crippen LogP contribution is -2.24. The Hall–Kier alpha value is -3.54. The number of fused-ring (bicyclic) bond motifs is 1. The van der Waals surface area contributed by atoms with E-state index in [-0.39, 0.29) is 19.1 Å². The maximum absolute atomic E-state index is 12.3. The van der Waals surface area contributed by atoms with E-state index in [2.05, 4.69) is 10.3 Å². The number of carbonyl (C=O) groups excluding carboxylic acids is 1. The molecule has 1 amide bonds. The minimum Gasteiger partial charge on any atom is -0.454 e. The van der Waals surface area contributed by atoms with Gasteiger partial charge in [-0.05, 0) is 35.9 Å². The first-order valence-electron chi connectivity index (χ1n) is 8.60. The Morgan fingerprint density at radius 2 is 1.89 bits per heavy atom. The standard InChI is InChI=1S/C21H18N2O4/c24-20(12-15-8-9-18-19(11-15)26-14-25-18)23-13-16-5-4-10-22-21(16)27-17-6-2-1-3-7-17/h1-11H,12-14H2,(H,23,24). The quantitative estimate of drug-likeness (QED) is 0.727. The highest BCUT2D eigenvalue weighted by atomic mass is 16.7. The zero-order valence-corrected chi connectivity index (χ0v) is 14.6. The minimum absolute atomic E-state index is 0.0941. The first-order valence-corrected chi connectivity index (χ1v) is 8.60. The number of rotatable bonds is 6. The van der Waals surface area contributed by atoms with Crippen molar-refractivity contribution in [2.45, 2.75) is 13.0 Å². The number of aromatic nitrogens is 1. The van der Waals surface area contributed by atoms with Crippen LogP contribution in [0.25, 0.3) is 0 Å². The molecule has 1 aromatic heterocycles. The van der Waals surface area contributed by atoms with Gasteiger partial charge in [0.2, 0.25) is 18.6 Å². The summed E-state index contributed by atoms with van der Waals surface area (Å²) < 4.78 is 16.4. The van der Waals surface area contributed by atoms with E-state index in [1.165, 1.54) is 0 Å². The molecule has 0 unspecified atom stereocenters. The maximum atomic E-state index is 12.3. The van der Waals surface area contributed by atoms with Crippen molar-refractivity contribution in [3.8, 4) is 23.1 Å². The van der Waals surface area contributed by atoms with Crippen molar-refractivity contribution in [2.75, 3.05) is 6.79 Å². The zero-order chi connectivity index (χ0) is 18.5. The first kappa shape index (κ1) is 16.9. The molecule has 0 fully saturated rings. The van der Waals surface area contributed by atoms with Crippen molar-refractivity contribution in [3.63, 3.8) is 0 Å². The second-order valence-electron chi connectivity index (χ2n) is 6.02. The number of para-hydroxylation sites is 1. The van der Waals surface area contributed by atoms with Gasteiger partial charge in [0.1, 0.15) is 5.75 Å². The number of benzene rings is 2. The van der Waals surface area contributed by atoms with Crippen LogP contribution < -0.4 is 19.5 Å². The third-order valence-electron chi connectivity index (χ3n) is 4.09. The topological polar surface area (TPSA) is 69.7 Å². The highest BCUT2D eigenvalue weighted by Crippen LogP contribution is 2.32. The molecule has 2 heterocycles. The average Bonchev–Trinajstić information content (AvgIpc) is 3.16. The molecule has 2 aromatic carbocycles. The molecule has 0 atom stereocenters. The molecule has 4 rings (SSSR count). The van der Waals surface area contributed by atoms with Gasteiger partial charge in [-0.1, -0.05) is 30.3 Å². The lowest BCUT2D eigenvalue weighted by Gasteiger charge is -2.11. The molecule has 6 nitrogen and oxygen atoms in total. The normalized spacial score (nSPS) is 11.9. The molecule has 0 saturated heterocycles. The molecule has 0 aliphatic carbocycles. The van der Waals surface area contributed by atoms with Gasteiger partial charge in [0, 0.05) is 18.3 Å². The van der Waals surface area contributed by atoms with E-state index in [1.807, 2.05) is 60.7 Å². The van der Waals surface area contributed by atoms with Crippen LogP contribution in [-0.2, 0) is 17.8 Å². The summed E-state index contributed by atoms with van der Waals surface area (Å²) in [6, 6.07) is 18.6. The Bertz CT molecular complexity index is 944. The Labute approximate surface area is 156 Å². The molecule has 1 N–H and O–H groups in total. The molecule has 1 aliphatic heterocycles. The van der Waals surface area contributed by atoms with Crippen LogP contribution in [0.1, 0.15) is 11.1 Å². The van der Waals surface area contributed by atoms with Gasteiger partial charge in [0.05, 0.1) is 6.42 Å². The van der Waals surface area contributed by atoms with Crippen molar-refractivity contribution in [1.82, 2.24) is 10.3 Å². The molecule has 0 spiro atoms. The van der Waals surface area contributed by atoms with Gasteiger partial charge in [-0.3, -0.25) is 4.79 Å². The fourth-order valence-electron chi connectivity index (χ4n) is 2.74. The third kappa shape index (κ3) is 4.17. The van der Waals surface area contributed by atoms with E-state index >= 15 is 0 Å². The van der Waals surface area contributed by atoms with Crippen LogP contribution in [0.3, 0.4) is 0 Å². The van der Waals surface area contributed by atoms with Gasteiger partial charge in [0.15, 0.2) is 11.5 Å². The van der Waals surface area contributed by atoms with Gasteiger partial charge in [0.25, 0.3) is 0 Å². The number of amides is 1. The Kier molecular flexibility index (Phi) is 4.87. The maximum Gasteiger partial charge on any atom is 0.231 e. The predicted octanol–water partition coefficient (Wildman–Crippen LogP) is 3.46. The van der Waals surface area contributed by atoms with Crippen LogP contribution in [0.4, 0.5) is 0 Å². The second kappa shape index (κ2) is 7.78. The van der Waals surface area contributed by atoms with E-state index in [0.29, 0.717) is 29.7 Å². The summed E-state index contributed by atoms with van der Waals surface area (Å²) in [5, 5.41) is 2.91. The van der Waals surface area contributed by atoms with Crippen molar-refractivity contribution >= 4 is 5.91 Å². The number of carbonyl (C=O) groups is 1. The molecular weight excluding hydrogens is 344 g/mol. The molecule has 27 heavy (non-hydrogen) atoms. The fraction of sp³-hybridized carbons (Fsp3) is 0.143. The number of ether oxygens (including phenoxy) is 3. The van der Waals surface area contributed by atoms with E-state index < -0.39 is 0 Å². The summed E-state index contributed by atoms with van der Waals surface area (Å²) in [5.41, 5.74) is 1.67. The van der Waals surface area contributed by atoms with Crippen molar-refractivity contribution in [3.05, 3.63) is 78.0 Å². The Morgan fingerprint density at radius 3 is 2.78 bits per heavy atom. The lowest BCUT2D eigenvalue weighted by atomic mass is 10.1. The predicted molar refractivity (Wildman–Crippen MR) is 98.9 cm³/mol. The molecular formula is C21H18N2O4. The Balaban J connectivity index is 1.38. The lowest BCUT2D eigenvalue weighted by molar-refractivity contribution is -0.120. The molecule has 0 bridgehead atoms. The van der Waals surface area contributed by atoms with E-state index in [0.717, 1.165) is 11.1 Å². The molecule has 136 valence electrons. The summed E-state index contributed by atoms with van der Waals surface area (Å²) >= 11 is 0. The number of pyridine rings is 1. The fourth-order valence-corrected chi connectivity index (χ4v) is 2.74. The second-order valence-corrected chi connectivity index (χ2v) is 6.02. The van der Waals surface area contributed by atoms with Crippen LogP contribution in [0.15, 0.2) is 66.9 Å². The summed E-state index contributed by atoms with van der Waals surface area (Å²) in [7, 11) is 0. The Morgan fingerprint density at radius 1 is 1.04 bits per heavy atom. The largest absolute Gasteiger partial charge is 0.454 e. The van der Waals surface area contributed by atoms with Crippen molar-refractivity contribution < 1.29 is 19.0 Å². The zero-order valence-electron chi connectivity index (χ0n) is 14.6. The summed E-state index contributed by atoms with van der Waals surface area (Å²) in [6.07, 6.45) is 1.92.